The Morgan fingerprint density at radius 3 is 2.04 bits per heavy atom. The fourth-order valence-electron chi connectivity index (χ4n) is 6.72. The molecule has 45 heavy (non-hydrogen) atoms. The molecule has 5 unspecified atom stereocenters. The van der Waals surface area contributed by atoms with Gasteiger partial charge in [0, 0.05) is 25.2 Å². The average molecular weight is 634 g/mol. The van der Waals surface area contributed by atoms with Gasteiger partial charge in [-0.25, -0.2) is 0 Å². The molecule has 2 rings (SSSR count). The predicted molar refractivity (Wildman–Crippen MR) is 179 cm³/mol. The standard InChI is InChI=1S/C35H63N5O5/c1-22(2)19-26(21-41)36-31(42)28-16-14-18-40(28)33(44)25(7)20-29(23(3)4)38(11)34(45)30(35(8,9)10)37-32(43)27-15-12-13-17-39(27)24(5)6/h20,22-24,26-30,41H,12-19,21H2,1-11H3,(H,36,42)(H,37,43)/b25-20+. The Labute approximate surface area is 272 Å². The molecule has 0 aliphatic carbocycles. The summed E-state index contributed by atoms with van der Waals surface area (Å²) in [7, 11) is 1.74. The number of nitrogens with one attached hydrogen (secondary N) is 2. The van der Waals surface area contributed by atoms with Gasteiger partial charge in [-0.05, 0) is 76.7 Å². The van der Waals surface area contributed by atoms with Crippen LogP contribution in [0, 0.1) is 17.3 Å². The molecule has 0 bridgehead atoms. The van der Waals surface area contributed by atoms with E-state index in [0.717, 1.165) is 32.2 Å². The summed E-state index contributed by atoms with van der Waals surface area (Å²) in [6.07, 6.45) is 6.61. The molecular weight excluding hydrogens is 570 g/mol. The van der Waals surface area contributed by atoms with Crippen LogP contribution in [-0.4, -0.2) is 106 Å². The molecule has 2 saturated heterocycles. The van der Waals surface area contributed by atoms with Crippen LogP contribution in [0.15, 0.2) is 11.6 Å². The van der Waals surface area contributed by atoms with E-state index in [-0.39, 0.29) is 54.3 Å². The van der Waals surface area contributed by atoms with E-state index >= 15 is 0 Å². The molecule has 2 aliphatic rings. The minimum Gasteiger partial charge on any atom is -0.394 e. The number of amides is 4. The first-order chi connectivity index (χ1) is 20.9. The second kappa shape index (κ2) is 16.9. The molecule has 10 nitrogen and oxygen atoms in total. The molecule has 0 aromatic rings. The first kappa shape index (κ1) is 38.7. The zero-order chi connectivity index (χ0) is 34.2. The third-order valence-corrected chi connectivity index (χ3v) is 9.28. The fraction of sp³-hybridized carbons (Fsp3) is 0.829. The molecule has 258 valence electrons. The number of hydrogen-bond acceptors (Lipinski definition) is 6. The fourth-order valence-corrected chi connectivity index (χ4v) is 6.72. The van der Waals surface area contributed by atoms with Crippen molar-refractivity contribution in [3.63, 3.8) is 0 Å². The second-order valence-electron chi connectivity index (χ2n) is 15.4. The normalized spacial score (nSPS) is 22.0. The van der Waals surface area contributed by atoms with Crippen LogP contribution in [0.4, 0.5) is 0 Å². The van der Waals surface area contributed by atoms with Crippen LogP contribution < -0.4 is 10.6 Å². The van der Waals surface area contributed by atoms with Gasteiger partial charge in [0.2, 0.25) is 23.6 Å². The molecule has 3 N–H and O–H groups in total. The van der Waals surface area contributed by atoms with Gasteiger partial charge < -0.3 is 25.5 Å². The Morgan fingerprint density at radius 2 is 1.51 bits per heavy atom. The maximum atomic E-state index is 14.1. The molecule has 0 saturated carbocycles. The number of carbonyl (C=O) groups excluding carboxylic acids is 4. The van der Waals surface area contributed by atoms with Gasteiger partial charge in [-0.15, -0.1) is 0 Å². The third kappa shape index (κ3) is 10.5. The molecule has 0 aromatic carbocycles. The van der Waals surface area contributed by atoms with Crippen molar-refractivity contribution in [2.24, 2.45) is 17.3 Å². The van der Waals surface area contributed by atoms with E-state index in [1.807, 2.05) is 54.5 Å². The number of piperidine rings is 1. The van der Waals surface area contributed by atoms with Crippen molar-refractivity contribution < 1.29 is 24.3 Å². The van der Waals surface area contributed by atoms with E-state index < -0.39 is 23.5 Å². The Morgan fingerprint density at radius 1 is 0.911 bits per heavy atom. The van der Waals surface area contributed by atoms with Crippen molar-refractivity contribution in [2.45, 2.75) is 144 Å². The topological polar surface area (TPSA) is 122 Å². The van der Waals surface area contributed by atoms with Crippen molar-refractivity contribution in [3.8, 4) is 0 Å². The minimum absolute atomic E-state index is 0.00758. The molecule has 4 amide bonds. The van der Waals surface area contributed by atoms with Crippen molar-refractivity contribution in [1.82, 2.24) is 25.3 Å². The highest BCUT2D eigenvalue weighted by molar-refractivity contribution is 5.97. The molecule has 5 atom stereocenters. The molecule has 2 fully saturated rings. The summed E-state index contributed by atoms with van der Waals surface area (Å²) >= 11 is 0. The van der Waals surface area contributed by atoms with Crippen molar-refractivity contribution in [2.75, 3.05) is 26.7 Å². The van der Waals surface area contributed by atoms with Gasteiger partial charge in [-0.2, -0.15) is 0 Å². The molecule has 10 heteroatoms. The van der Waals surface area contributed by atoms with Crippen LogP contribution in [0.1, 0.15) is 108 Å². The smallest absolute Gasteiger partial charge is 0.249 e. The SMILES string of the molecule is C/C(=C\C(C(C)C)N(C)C(=O)C(NC(=O)C1CCCCN1C(C)C)C(C)(C)C)C(=O)N1CCCC1C(=O)NC(CO)CC(C)C. The zero-order valence-corrected chi connectivity index (χ0v) is 30.0. The quantitative estimate of drug-likeness (QED) is 0.266. The first-order valence-corrected chi connectivity index (χ1v) is 17.1. The largest absolute Gasteiger partial charge is 0.394 e. The van der Waals surface area contributed by atoms with E-state index in [4.69, 9.17) is 0 Å². The van der Waals surface area contributed by atoms with Gasteiger partial charge in [0.05, 0.1) is 24.7 Å². The number of hydrogen-bond donors (Lipinski definition) is 3. The first-order valence-electron chi connectivity index (χ1n) is 17.1. The lowest BCUT2D eigenvalue weighted by Crippen LogP contribution is -2.60. The number of aliphatic hydroxyl groups excluding tert-OH is 1. The Bertz CT molecular complexity index is 1050. The van der Waals surface area contributed by atoms with Gasteiger partial charge in [0.25, 0.3) is 0 Å². The number of aliphatic hydroxyl groups is 1. The van der Waals surface area contributed by atoms with Gasteiger partial charge in [0.1, 0.15) is 12.1 Å². The average Bonchev–Trinajstić information content (AvgIpc) is 3.46. The van der Waals surface area contributed by atoms with Crippen molar-refractivity contribution >= 4 is 23.6 Å². The van der Waals surface area contributed by atoms with Crippen molar-refractivity contribution in [3.05, 3.63) is 11.6 Å². The third-order valence-electron chi connectivity index (χ3n) is 9.28. The summed E-state index contributed by atoms with van der Waals surface area (Å²) in [5, 5.41) is 15.8. The highest BCUT2D eigenvalue weighted by Gasteiger charge is 2.40. The number of likely N-dealkylation sites (tertiary alicyclic amines) is 2. The lowest BCUT2D eigenvalue weighted by molar-refractivity contribution is -0.142. The second-order valence-corrected chi connectivity index (χ2v) is 15.4. The summed E-state index contributed by atoms with van der Waals surface area (Å²) in [6.45, 7) is 21.1. The highest BCUT2D eigenvalue weighted by atomic mass is 16.3. The van der Waals surface area contributed by atoms with Gasteiger partial charge in [0.15, 0.2) is 0 Å². The molecule has 0 spiro atoms. The van der Waals surface area contributed by atoms with Crippen molar-refractivity contribution in [1.29, 1.82) is 0 Å². The van der Waals surface area contributed by atoms with Gasteiger partial charge in [-0.3, -0.25) is 24.1 Å². The Hall–Kier alpha value is -2.46. The summed E-state index contributed by atoms with van der Waals surface area (Å²) in [6, 6.07) is -2.10. The molecule has 2 heterocycles. The van der Waals surface area contributed by atoms with Crippen LogP contribution in [0.25, 0.3) is 0 Å². The summed E-state index contributed by atoms with van der Waals surface area (Å²) in [5.41, 5.74) is -0.0629. The molecule has 0 radical (unpaired) electrons. The number of carbonyl (C=O) groups is 4. The van der Waals surface area contributed by atoms with Crippen LogP contribution in [-0.2, 0) is 19.2 Å². The summed E-state index contributed by atoms with van der Waals surface area (Å²) in [5.74, 6) is -0.462. The lowest BCUT2D eigenvalue weighted by Gasteiger charge is -2.41. The van der Waals surface area contributed by atoms with Crippen LogP contribution in [0.2, 0.25) is 0 Å². The van der Waals surface area contributed by atoms with Crippen LogP contribution in [0.3, 0.4) is 0 Å². The number of nitrogens with zero attached hydrogens (tertiary/aromatic N) is 3. The summed E-state index contributed by atoms with van der Waals surface area (Å²) in [4.78, 5) is 60.1. The van der Waals surface area contributed by atoms with Gasteiger partial charge >= 0.3 is 0 Å². The van der Waals surface area contributed by atoms with E-state index in [9.17, 15) is 24.3 Å². The number of likely N-dealkylation sites (N-methyl/N-ethyl adjacent to an activating group) is 1. The van der Waals surface area contributed by atoms with Crippen LogP contribution >= 0.6 is 0 Å². The lowest BCUT2D eigenvalue weighted by atomic mass is 9.84. The maximum Gasteiger partial charge on any atom is 0.249 e. The van der Waals surface area contributed by atoms with E-state index in [1.165, 1.54) is 0 Å². The van der Waals surface area contributed by atoms with Gasteiger partial charge in [-0.1, -0.05) is 61.0 Å². The van der Waals surface area contributed by atoms with E-state index in [2.05, 4.69) is 29.4 Å². The molecule has 2 aliphatic heterocycles. The van der Waals surface area contributed by atoms with Crippen LogP contribution in [0.5, 0.6) is 0 Å². The monoisotopic (exact) mass is 633 g/mol. The zero-order valence-electron chi connectivity index (χ0n) is 30.0. The minimum atomic E-state index is -0.742. The molecule has 0 aromatic heterocycles. The maximum absolute atomic E-state index is 14.1. The van der Waals surface area contributed by atoms with E-state index in [1.54, 1.807) is 23.8 Å². The predicted octanol–water partition coefficient (Wildman–Crippen LogP) is 3.72. The number of rotatable bonds is 13. The van der Waals surface area contributed by atoms with E-state index in [0.29, 0.717) is 30.9 Å². The molecular formula is C35H63N5O5. The Balaban J connectivity index is 2.25. The summed E-state index contributed by atoms with van der Waals surface area (Å²) < 4.78 is 0. The Kier molecular flexibility index (Phi) is 14.6. The highest BCUT2D eigenvalue weighted by Crippen LogP contribution is 2.27.